The molecule has 1 fully saturated rings. The van der Waals surface area contributed by atoms with Crippen molar-refractivity contribution in [2.45, 2.75) is 26.8 Å². The zero-order valence-electron chi connectivity index (χ0n) is 16.9. The lowest BCUT2D eigenvalue weighted by Crippen LogP contribution is -2.37. The van der Waals surface area contributed by atoms with E-state index in [1.807, 2.05) is 18.2 Å². The van der Waals surface area contributed by atoms with Gasteiger partial charge in [-0.05, 0) is 38.0 Å². The maximum atomic E-state index is 5.44. The summed E-state index contributed by atoms with van der Waals surface area (Å²) >= 11 is 0. The molecule has 1 saturated heterocycles. The van der Waals surface area contributed by atoms with Gasteiger partial charge in [0.1, 0.15) is 17.7 Å². The molecule has 1 aliphatic rings. The number of fused-ring (bicyclic) bond motifs is 3. The fourth-order valence-corrected chi connectivity index (χ4v) is 4.08. The summed E-state index contributed by atoms with van der Waals surface area (Å²) in [7, 11) is 0. The number of aryl methyl sites for hydroxylation is 2. The quantitative estimate of drug-likeness (QED) is 0.520. The molecule has 8 nitrogen and oxygen atoms in total. The first-order valence-electron chi connectivity index (χ1n) is 10.1. The topological polar surface area (TPSA) is 73.4 Å². The summed E-state index contributed by atoms with van der Waals surface area (Å²) in [5, 5.41) is 5.66. The second kappa shape index (κ2) is 7.53. The number of hydrogen-bond donors (Lipinski definition) is 0. The zero-order chi connectivity index (χ0) is 19.8. The van der Waals surface area contributed by atoms with Gasteiger partial charge in [0.15, 0.2) is 5.65 Å². The molecule has 0 aliphatic carbocycles. The second-order valence-corrected chi connectivity index (χ2v) is 7.53. The third kappa shape index (κ3) is 3.28. The third-order valence-electron chi connectivity index (χ3n) is 5.80. The third-order valence-corrected chi connectivity index (χ3v) is 5.80. The molecule has 0 unspecified atom stereocenters. The number of ether oxygens (including phenoxy) is 1. The lowest BCUT2D eigenvalue weighted by atomic mass is 10.2. The van der Waals surface area contributed by atoms with Crippen LogP contribution in [0.25, 0.3) is 28.2 Å². The van der Waals surface area contributed by atoms with Gasteiger partial charge in [0.25, 0.3) is 0 Å². The van der Waals surface area contributed by atoms with Gasteiger partial charge in [-0.2, -0.15) is 0 Å². The molecule has 0 amide bonds. The maximum Gasteiger partial charge on any atom is 0.200 e. The van der Waals surface area contributed by atoms with Crippen LogP contribution in [0.3, 0.4) is 0 Å². The first-order valence-corrected chi connectivity index (χ1v) is 10.1. The molecule has 5 heterocycles. The van der Waals surface area contributed by atoms with Crippen LogP contribution in [0.2, 0.25) is 0 Å². The molecule has 4 aromatic rings. The van der Waals surface area contributed by atoms with Crippen LogP contribution in [-0.4, -0.2) is 66.9 Å². The molecule has 4 aromatic heterocycles. The van der Waals surface area contributed by atoms with E-state index in [4.69, 9.17) is 14.7 Å². The first kappa shape index (κ1) is 18.2. The van der Waals surface area contributed by atoms with Gasteiger partial charge in [0.2, 0.25) is 5.82 Å². The lowest BCUT2D eigenvalue weighted by Gasteiger charge is -2.26. The monoisotopic (exact) mass is 391 g/mol. The van der Waals surface area contributed by atoms with E-state index in [0.29, 0.717) is 5.82 Å². The summed E-state index contributed by atoms with van der Waals surface area (Å²) in [6.45, 7) is 10.1. The Morgan fingerprint density at radius 3 is 2.69 bits per heavy atom. The van der Waals surface area contributed by atoms with Gasteiger partial charge in [-0.15, -0.1) is 5.10 Å². The summed E-state index contributed by atoms with van der Waals surface area (Å²) in [6.07, 6.45) is 4.60. The number of morpholine rings is 1. The van der Waals surface area contributed by atoms with Gasteiger partial charge in [0, 0.05) is 38.1 Å². The van der Waals surface area contributed by atoms with Crippen LogP contribution in [0.4, 0.5) is 0 Å². The number of aromatic nitrogens is 6. The van der Waals surface area contributed by atoms with E-state index >= 15 is 0 Å². The Morgan fingerprint density at radius 2 is 1.90 bits per heavy atom. The van der Waals surface area contributed by atoms with E-state index in [2.05, 4.69) is 33.4 Å². The van der Waals surface area contributed by atoms with Gasteiger partial charge >= 0.3 is 0 Å². The van der Waals surface area contributed by atoms with Gasteiger partial charge in [-0.25, -0.2) is 14.5 Å². The van der Waals surface area contributed by atoms with Gasteiger partial charge < -0.3 is 9.30 Å². The lowest BCUT2D eigenvalue weighted by molar-refractivity contribution is 0.0369. The van der Waals surface area contributed by atoms with E-state index in [0.717, 1.165) is 68.2 Å². The van der Waals surface area contributed by atoms with Gasteiger partial charge in [-0.3, -0.25) is 9.88 Å². The standard InChI is InChI=1S/C21H25N7O/c1-15-16(2)27(9-5-8-26-10-12-29-13-11-26)20-18(15)21-24-19(25-28(21)14-23-20)17-6-3-4-7-22-17/h3-4,6-7,14H,5,8-13H2,1-2H3. The molecule has 5 rings (SSSR count). The Morgan fingerprint density at radius 1 is 1.03 bits per heavy atom. The van der Waals surface area contributed by atoms with Crippen LogP contribution in [0.1, 0.15) is 17.7 Å². The van der Waals surface area contributed by atoms with Crippen LogP contribution in [0, 0.1) is 13.8 Å². The molecule has 150 valence electrons. The SMILES string of the molecule is Cc1c(C)n(CCCN2CCOCC2)c2ncn3nc(-c4ccccn4)nc3c12. The van der Waals surface area contributed by atoms with E-state index in [1.165, 1.54) is 11.3 Å². The smallest absolute Gasteiger partial charge is 0.200 e. The van der Waals surface area contributed by atoms with Gasteiger partial charge in [0.05, 0.1) is 18.6 Å². The van der Waals surface area contributed by atoms with Crippen molar-refractivity contribution in [2.24, 2.45) is 0 Å². The van der Waals surface area contributed by atoms with Crippen LogP contribution < -0.4 is 0 Å². The fourth-order valence-electron chi connectivity index (χ4n) is 4.08. The van der Waals surface area contributed by atoms with E-state index < -0.39 is 0 Å². The van der Waals surface area contributed by atoms with Crippen LogP contribution in [-0.2, 0) is 11.3 Å². The number of hydrogen-bond acceptors (Lipinski definition) is 6. The molecule has 0 spiro atoms. The average molecular weight is 391 g/mol. The maximum absolute atomic E-state index is 5.44. The summed E-state index contributed by atoms with van der Waals surface area (Å²) < 4.78 is 9.52. The summed E-state index contributed by atoms with van der Waals surface area (Å²) in [4.78, 5) is 16.4. The predicted octanol–water partition coefficient (Wildman–Crippen LogP) is 2.48. The van der Waals surface area contributed by atoms with Crippen LogP contribution in [0.5, 0.6) is 0 Å². The summed E-state index contributed by atoms with van der Waals surface area (Å²) in [5.74, 6) is 0.622. The Balaban J connectivity index is 1.48. The second-order valence-electron chi connectivity index (χ2n) is 7.53. The van der Waals surface area contributed by atoms with Crippen molar-refractivity contribution in [2.75, 3.05) is 32.8 Å². The fraction of sp³-hybridized carbons (Fsp3) is 0.429. The zero-order valence-corrected chi connectivity index (χ0v) is 16.9. The normalized spacial score (nSPS) is 15.5. The van der Waals surface area contributed by atoms with Crippen LogP contribution in [0.15, 0.2) is 30.7 Å². The molecule has 0 aromatic carbocycles. The molecule has 0 N–H and O–H groups in total. The van der Waals surface area contributed by atoms with E-state index in [-0.39, 0.29) is 0 Å². The molecule has 0 radical (unpaired) electrons. The first-order chi connectivity index (χ1) is 14.2. The van der Waals surface area contributed by atoms with Crippen molar-refractivity contribution in [3.8, 4) is 11.5 Å². The van der Waals surface area contributed by atoms with Crippen molar-refractivity contribution in [3.05, 3.63) is 42.0 Å². The van der Waals surface area contributed by atoms with E-state index in [1.54, 1.807) is 17.0 Å². The van der Waals surface area contributed by atoms with Gasteiger partial charge in [-0.1, -0.05) is 6.07 Å². The Kier molecular flexibility index (Phi) is 4.73. The molecule has 0 bridgehead atoms. The number of pyridine rings is 1. The molecular weight excluding hydrogens is 366 g/mol. The highest BCUT2D eigenvalue weighted by atomic mass is 16.5. The number of nitrogens with zero attached hydrogens (tertiary/aromatic N) is 7. The highest BCUT2D eigenvalue weighted by Crippen LogP contribution is 2.28. The Hall–Kier alpha value is -2.84. The van der Waals surface area contributed by atoms with E-state index in [9.17, 15) is 0 Å². The summed E-state index contributed by atoms with van der Waals surface area (Å²) in [5.41, 5.74) is 5.04. The minimum Gasteiger partial charge on any atom is -0.379 e. The predicted molar refractivity (Wildman–Crippen MR) is 111 cm³/mol. The average Bonchev–Trinajstić information content (AvgIpc) is 3.30. The molecule has 8 heteroatoms. The molecule has 0 saturated carbocycles. The molecule has 1 aliphatic heterocycles. The largest absolute Gasteiger partial charge is 0.379 e. The van der Waals surface area contributed by atoms with Crippen molar-refractivity contribution in [1.29, 1.82) is 0 Å². The van der Waals surface area contributed by atoms with Crippen molar-refractivity contribution in [1.82, 2.24) is 34.0 Å². The van der Waals surface area contributed by atoms with Crippen molar-refractivity contribution >= 4 is 16.7 Å². The highest BCUT2D eigenvalue weighted by Gasteiger charge is 2.19. The minimum absolute atomic E-state index is 0.622. The minimum atomic E-state index is 0.622. The molecule has 29 heavy (non-hydrogen) atoms. The Bertz CT molecular complexity index is 1140. The van der Waals surface area contributed by atoms with Crippen molar-refractivity contribution in [3.63, 3.8) is 0 Å². The molecular formula is C21H25N7O. The Labute approximate surface area is 169 Å². The summed E-state index contributed by atoms with van der Waals surface area (Å²) in [6, 6.07) is 5.76. The molecule has 0 atom stereocenters. The van der Waals surface area contributed by atoms with Crippen molar-refractivity contribution < 1.29 is 4.74 Å². The number of rotatable bonds is 5. The van der Waals surface area contributed by atoms with Crippen LogP contribution >= 0.6 is 0 Å². The highest BCUT2D eigenvalue weighted by molar-refractivity contribution is 5.94.